The Morgan fingerprint density at radius 2 is 1.86 bits per heavy atom. The van der Waals surface area contributed by atoms with E-state index < -0.39 is 34.0 Å². The zero-order valence-electron chi connectivity index (χ0n) is 13.0. The molecule has 0 aliphatic carbocycles. The van der Waals surface area contributed by atoms with Crippen LogP contribution in [-0.4, -0.2) is 39.5 Å². The SMILES string of the molecule is CNC(=O)COC(=O)c1cccc(S(=O)(=O)NC(C)(C)C)c1. The van der Waals surface area contributed by atoms with Crippen LogP contribution in [0.2, 0.25) is 0 Å². The minimum Gasteiger partial charge on any atom is -0.452 e. The third-order valence-electron chi connectivity index (χ3n) is 2.43. The number of carbonyl (C=O) groups excluding carboxylic acids is 2. The monoisotopic (exact) mass is 328 g/mol. The lowest BCUT2D eigenvalue weighted by Crippen LogP contribution is -2.40. The average Bonchev–Trinajstić information content (AvgIpc) is 2.42. The Hall–Kier alpha value is -1.93. The molecule has 1 rings (SSSR count). The van der Waals surface area contributed by atoms with Gasteiger partial charge in [-0.05, 0) is 39.0 Å². The minimum atomic E-state index is -3.75. The van der Waals surface area contributed by atoms with Crippen molar-refractivity contribution in [2.45, 2.75) is 31.2 Å². The Labute approximate surface area is 130 Å². The van der Waals surface area contributed by atoms with Crippen LogP contribution in [0.5, 0.6) is 0 Å². The second-order valence-electron chi connectivity index (χ2n) is 5.63. The van der Waals surface area contributed by atoms with Gasteiger partial charge < -0.3 is 10.1 Å². The van der Waals surface area contributed by atoms with Gasteiger partial charge in [-0.3, -0.25) is 4.79 Å². The second-order valence-corrected chi connectivity index (χ2v) is 7.32. The van der Waals surface area contributed by atoms with Crippen LogP contribution in [0.3, 0.4) is 0 Å². The van der Waals surface area contributed by atoms with E-state index in [0.717, 1.165) is 0 Å². The molecule has 1 amide bonds. The topological polar surface area (TPSA) is 102 Å². The smallest absolute Gasteiger partial charge is 0.338 e. The number of benzene rings is 1. The molecule has 8 heteroatoms. The van der Waals surface area contributed by atoms with E-state index in [4.69, 9.17) is 4.74 Å². The first-order valence-corrected chi connectivity index (χ1v) is 8.05. The summed E-state index contributed by atoms with van der Waals surface area (Å²) in [6, 6.07) is 5.44. The van der Waals surface area contributed by atoms with Crippen molar-refractivity contribution in [1.29, 1.82) is 0 Å². The maximum Gasteiger partial charge on any atom is 0.338 e. The fraction of sp³-hybridized carbons (Fsp3) is 0.429. The summed E-state index contributed by atoms with van der Waals surface area (Å²) in [7, 11) is -2.33. The molecule has 0 aromatic heterocycles. The molecule has 0 aliphatic heterocycles. The molecule has 0 fully saturated rings. The Morgan fingerprint density at radius 3 is 2.41 bits per heavy atom. The van der Waals surface area contributed by atoms with Crippen molar-refractivity contribution in [3.05, 3.63) is 29.8 Å². The number of likely N-dealkylation sites (N-methyl/N-ethyl adjacent to an activating group) is 1. The maximum atomic E-state index is 12.2. The number of hydrogen-bond acceptors (Lipinski definition) is 5. The molecule has 0 spiro atoms. The Kier molecular flexibility index (Phi) is 5.67. The molecule has 0 unspecified atom stereocenters. The molecule has 2 N–H and O–H groups in total. The number of carbonyl (C=O) groups is 2. The molecule has 0 aliphatic rings. The third-order valence-corrected chi connectivity index (χ3v) is 4.19. The van der Waals surface area contributed by atoms with Crippen LogP contribution < -0.4 is 10.0 Å². The molecule has 22 heavy (non-hydrogen) atoms. The van der Waals surface area contributed by atoms with Gasteiger partial charge in [0.1, 0.15) is 0 Å². The molecular weight excluding hydrogens is 308 g/mol. The van der Waals surface area contributed by atoms with Gasteiger partial charge in [-0.25, -0.2) is 17.9 Å². The number of ether oxygens (including phenoxy) is 1. The minimum absolute atomic E-state index is 0.0446. The van der Waals surface area contributed by atoms with Gasteiger partial charge in [0.15, 0.2) is 6.61 Å². The van der Waals surface area contributed by atoms with Crippen molar-refractivity contribution in [2.24, 2.45) is 0 Å². The number of amides is 1. The second kappa shape index (κ2) is 6.89. The van der Waals surface area contributed by atoms with Gasteiger partial charge in [0.2, 0.25) is 10.0 Å². The summed E-state index contributed by atoms with van der Waals surface area (Å²) in [6.45, 7) is 4.72. The van der Waals surface area contributed by atoms with Gasteiger partial charge in [0.05, 0.1) is 10.5 Å². The normalized spacial score (nSPS) is 11.8. The van der Waals surface area contributed by atoms with E-state index in [1.54, 1.807) is 20.8 Å². The number of rotatable bonds is 5. The molecule has 0 saturated carbocycles. The zero-order valence-corrected chi connectivity index (χ0v) is 13.8. The van der Waals surface area contributed by atoms with Gasteiger partial charge in [-0.1, -0.05) is 6.07 Å². The summed E-state index contributed by atoms with van der Waals surface area (Å²) in [5, 5.41) is 2.31. The van der Waals surface area contributed by atoms with Crippen molar-refractivity contribution in [2.75, 3.05) is 13.7 Å². The van der Waals surface area contributed by atoms with Crippen LogP contribution in [0.1, 0.15) is 31.1 Å². The Balaban J connectivity index is 2.95. The largest absolute Gasteiger partial charge is 0.452 e. The Morgan fingerprint density at radius 1 is 1.23 bits per heavy atom. The lowest BCUT2D eigenvalue weighted by Gasteiger charge is -2.20. The highest BCUT2D eigenvalue weighted by Crippen LogP contribution is 2.15. The van der Waals surface area contributed by atoms with Gasteiger partial charge in [0, 0.05) is 12.6 Å². The summed E-state index contributed by atoms with van der Waals surface area (Å²) >= 11 is 0. The number of sulfonamides is 1. The van der Waals surface area contributed by atoms with Crippen molar-refractivity contribution >= 4 is 21.9 Å². The summed E-state index contributed by atoms with van der Waals surface area (Å²) in [5.41, 5.74) is -0.588. The predicted molar refractivity (Wildman–Crippen MR) is 80.9 cm³/mol. The standard InChI is InChI=1S/C14H20N2O5S/c1-14(2,3)16-22(19,20)11-7-5-6-10(8-11)13(18)21-9-12(17)15-4/h5-8,16H,9H2,1-4H3,(H,15,17). The van der Waals surface area contributed by atoms with Gasteiger partial charge >= 0.3 is 5.97 Å². The van der Waals surface area contributed by atoms with E-state index in [1.807, 2.05) is 0 Å². The molecular formula is C14H20N2O5S. The van der Waals surface area contributed by atoms with Crippen molar-refractivity contribution in [3.63, 3.8) is 0 Å². The van der Waals surface area contributed by atoms with Gasteiger partial charge in [-0.15, -0.1) is 0 Å². The lowest BCUT2D eigenvalue weighted by molar-refractivity contribution is -0.123. The van der Waals surface area contributed by atoms with Crippen LogP contribution >= 0.6 is 0 Å². The fourth-order valence-corrected chi connectivity index (χ4v) is 3.00. The number of nitrogens with one attached hydrogen (secondary N) is 2. The number of hydrogen-bond donors (Lipinski definition) is 2. The highest BCUT2D eigenvalue weighted by molar-refractivity contribution is 7.89. The third kappa shape index (κ3) is 5.45. The molecule has 7 nitrogen and oxygen atoms in total. The maximum absolute atomic E-state index is 12.2. The highest BCUT2D eigenvalue weighted by atomic mass is 32.2. The average molecular weight is 328 g/mol. The fourth-order valence-electron chi connectivity index (χ4n) is 1.54. The van der Waals surface area contributed by atoms with Gasteiger partial charge in [0.25, 0.3) is 5.91 Å². The van der Waals surface area contributed by atoms with Crippen LogP contribution in [0.15, 0.2) is 29.2 Å². The molecule has 1 aromatic rings. The Bertz CT molecular complexity index is 662. The highest BCUT2D eigenvalue weighted by Gasteiger charge is 2.23. The van der Waals surface area contributed by atoms with E-state index in [0.29, 0.717) is 0 Å². The quantitative estimate of drug-likeness (QED) is 0.774. The first-order valence-electron chi connectivity index (χ1n) is 6.57. The number of esters is 1. The molecule has 0 saturated heterocycles. The van der Waals surface area contributed by atoms with E-state index >= 15 is 0 Å². The molecule has 122 valence electrons. The van der Waals surface area contributed by atoms with Crippen molar-refractivity contribution in [1.82, 2.24) is 10.0 Å². The van der Waals surface area contributed by atoms with E-state index in [-0.39, 0.29) is 10.5 Å². The van der Waals surface area contributed by atoms with E-state index in [9.17, 15) is 18.0 Å². The lowest BCUT2D eigenvalue weighted by atomic mass is 10.1. The molecule has 0 atom stereocenters. The molecule has 0 bridgehead atoms. The molecule has 1 aromatic carbocycles. The summed E-state index contributed by atoms with van der Waals surface area (Å²) < 4.78 is 31.7. The molecule has 0 radical (unpaired) electrons. The summed E-state index contributed by atoms with van der Waals surface area (Å²) in [5.74, 6) is -1.22. The predicted octanol–water partition coefficient (Wildman–Crippen LogP) is 0.666. The van der Waals surface area contributed by atoms with E-state index in [1.165, 1.54) is 31.3 Å². The van der Waals surface area contributed by atoms with Gasteiger partial charge in [-0.2, -0.15) is 0 Å². The first kappa shape index (κ1) is 18.1. The first-order chi connectivity index (χ1) is 10.0. The van der Waals surface area contributed by atoms with Crippen LogP contribution in [0, 0.1) is 0 Å². The summed E-state index contributed by atoms with van der Waals surface area (Å²) in [4.78, 5) is 22.8. The summed E-state index contributed by atoms with van der Waals surface area (Å²) in [6.07, 6.45) is 0. The molecule has 0 heterocycles. The van der Waals surface area contributed by atoms with Crippen LogP contribution in [0.25, 0.3) is 0 Å². The van der Waals surface area contributed by atoms with E-state index in [2.05, 4.69) is 10.0 Å². The van der Waals surface area contributed by atoms with Crippen molar-refractivity contribution < 1.29 is 22.7 Å². The van der Waals surface area contributed by atoms with Crippen LogP contribution in [0.4, 0.5) is 0 Å². The van der Waals surface area contributed by atoms with Crippen molar-refractivity contribution in [3.8, 4) is 0 Å². The van der Waals surface area contributed by atoms with Crippen LogP contribution in [-0.2, 0) is 19.6 Å². The zero-order chi connectivity index (χ0) is 17.0.